The van der Waals surface area contributed by atoms with Gasteiger partial charge in [-0.25, -0.2) is 18.4 Å². The van der Waals surface area contributed by atoms with Crippen LogP contribution in [0.5, 0.6) is 11.5 Å². The normalized spacial score (nSPS) is 12.5. The Labute approximate surface area is 214 Å². The van der Waals surface area contributed by atoms with Crippen LogP contribution in [0.4, 0.5) is 13.6 Å². The number of alkyl halides is 2. The minimum Gasteiger partial charge on any atom is -0.507 e. The van der Waals surface area contributed by atoms with Crippen molar-refractivity contribution in [1.29, 1.82) is 0 Å². The third-order valence-corrected chi connectivity index (χ3v) is 5.89. The zero-order valence-electron chi connectivity index (χ0n) is 21.4. The molecular formula is C27H33F2NO7. The molecule has 2 N–H and O–H groups in total. The van der Waals surface area contributed by atoms with Crippen LogP contribution in [0.2, 0.25) is 0 Å². The molecule has 1 aromatic carbocycles. The molecule has 0 saturated heterocycles. The number of allylic oxidation sites excluding steroid dienone is 1. The topological polar surface area (TPSA) is 115 Å². The van der Waals surface area contributed by atoms with Gasteiger partial charge in [0.05, 0.1) is 7.11 Å². The number of hydrogen-bond acceptors (Lipinski definition) is 7. The van der Waals surface area contributed by atoms with Crippen molar-refractivity contribution in [3.63, 3.8) is 0 Å². The number of methoxy groups -OCH3 is 1. The third-order valence-electron chi connectivity index (χ3n) is 5.89. The number of aryl methyl sites for hydroxylation is 1. The lowest BCUT2D eigenvalue weighted by Crippen LogP contribution is -2.29. The molecule has 1 amide bonds. The van der Waals surface area contributed by atoms with Crippen molar-refractivity contribution in [3.05, 3.63) is 69.9 Å². The number of halogens is 2. The van der Waals surface area contributed by atoms with Gasteiger partial charge < -0.3 is 19.0 Å². The standard InChI is InChI=1S/C27H33F2NO7/c1-17(7-5-6-14-30-26(34)35-4)21-15-20(31)23(25(33)37-21)24(32)27(2,3)13-12-18-8-10-19(11-9-18)36-16-22(28)29/h6,8-11,14-15,17,22,31H,5,7,12-13,16H2,1-4H3,(H,30,34)/b14-6+. The molecule has 1 heterocycles. The van der Waals surface area contributed by atoms with Crippen molar-refractivity contribution >= 4 is 11.9 Å². The van der Waals surface area contributed by atoms with Crippen molar-refractivity contribution in [2.45, 2.75) is 58.8 Å². The summed E-state index contributed by atoms with van der Waals surface area (Å²) in [7, 11) is 1.26. The molecule has 0 aliphatic carbocycles. The third kappa shape index (κ3) is 9.04. The van der Waals surface area contributed by atoms with Crippen LogP contribution in [0.3, 0.4) is 0 Å². The first kappa shape index (κ1) is 29.5. The maximum Gasteiger partial charge on any atom is 0.410 e. The number of Topliss-reactive ketones (excluding diaryl/α,β-unsaturated/α-hetero) is 1. The van der Waals surface area contributed by atoms with Crippen LogP contribution in [0.25, 0.3) is 0 Å². The number of hydrogen-bond donors (Lipinski definition) is 2. The van der Waals surface area contributed by atoms with Gasteiger partial charge in [-0.1, -0.05) is 39.0 Å². The molecule has 2 aromatic rings. The van der Waals surface area contributed by atoms with E-state index in [9.17, 15) is 28.3 Å². The molecule has 1 aromatic heterocycles. The van der Waals surface area contributed by atoms with E-state index < -0.39 is 41.7 Å². The number of rotatable bonds is 13. The van der Waals surface area contributed by atoms with Crippen LogP contribution < -0.4 is 15.7 Å². The summed E-state index contributed by atoms with van der Waals surface area (Å²) in [6.07, 6.45) is 1.99. The fourth-order valence-corrected chi connectivity index (χ4v) is 3.53. The van der Waals surface area contributed by atoms with E-state index in [4.69, 9.17) is 9.15 Å². The number of amides is 1. The van der Waals surface area contributed by atoms with Gasteiger partial charge in [-0.05, 0) is 43.4 Å². The lowest BCUT2D eigenvalue weighted by Gasteiger charge is -2.23. The summed E-state index contributed by atoms with van der Waals surface area (Å²) in [5.74, 6) is -0.622. The number of carbonyl (C=O) groups is 2. The molecule has 37 heavy (non-hydrogen) atoms. The first-order valence-electron chi connectivity index (χ1n) is 11.9. The molecule has 0 radical (unpaired) electrons. The van der Waals surface area contributed by atoms with Gasteiger partial charge in [0.2, 0.25) is 0 Å². The first-order valence-corrected chi connectivity index (χ1v) is 11.9. The van der Waals surface area contributed by atoms with Crippen molar-refractivity contribution in [1.82, 2.24) is 5.32 Å². The number of carbonyl (C=O) groups excluding carboxylic acids is 2. The molecule has 0 saturated carbocycles. The summed E-state index contributed by atoms with van der Waals surface area (Å²) >= 11 is 0. The predicted octanol–water partition coefficient (Wildman–Crippen LogP) is 5.58. The van der Waals surface area contributed by atoms with Gasteiger partial charge >= 0.3 is 11.7 Å². The van der Waals surface area contributed by atoms with E-state index in [0.717, 1.165) is 5.56 Å². The van der Waals surface area contributed by atoms with Gasteiger partial charge in [-0.2, -0.15) is 0 Å². The summed E-state index contributed by atoms with van der Waals surface area (Å²) in [5, 5.41) is 12.9. The summed E-state index contributed by atoms with van der Waals surface area (Å²) in [6, 6.07) is 7.91. The molecule has 0 spiro atoms. The molecule has 202 valence electrons. The Hall–Kier alpha value is -3.69. The number of benzene rings is 1. The van der Waals surface area contributed by atoms with E-state index in [-0.39, 0.29) is 17.2 Å². The Morgan fingerprint density at radius 1 is 1.22 bits per heavy atom. The molecule has 8 nitrogen and oxygen atoms in total. The second-order valence-corrected chi connectivity index (χ2v) is 9.27. The van der Waals surface area contributed by atoms with Crippen LogP contribution in [0.1, 0.15) is 67.6 Å². The number of ketones is 1. The fraction of sp³-hybridized carbons (Fsp3) is 0.444. The lowest BCUT2D eigenvalue weighted by atomic mass is 9.79. The average molecular weight is 522 g/mol. The highest BCUT2D eigenvalue weighted by molar-refractivity contribution is 6.01. The number of nitrogens with one attached hydrogen (secondary N) is 1. The van der Waals surface area contributed by atoms with Gasteiger partial charge in [0.1, 0.15) is 29.4 Å². The Morgan fingerprint density at radius 3 is 2.49 bits per heavy atom. The second-order valence-electron chi connectivity index (χ2n) is 9.27. The Bertz CT molecular complexity index is 1140. The van der Waals surface area contributed by atoms with E-state index in [1.807, 2.05) is 6.92 Å². The van der Waals surface area contributed by atoms with Crippen molar-refractivity contribution in [2.24, 2.45) is 5.41 Å². The smallest absolute Gasteiger partial charge is 0.410 e. The van der Waals surface area contributed by atoms with Gasteiger partial charge in [-0.15, -0.1) is 0 Å². The molecule has 1 atom stereocenters. The lowest BCUT2D eigenvalue weighted by molar-refractivity contribution is 0.0817. The average Bonchev–Trinajstić information content (AvgIpc) is 2.85. The summed E-state index contributed by atoms with van der Waals surface area (Å²) in [6.45, 7) is 4.49. The van der Waals surface area contributed by atoms with Gasteiger partial charge in [0, 0.05) is 23.6 Å². The highest BCUT2D eigenvalue weighted by atomic mass is 19.3. The summed E-state index contributed by atoms with van der Waals surface area (Å²) in [5.41, 5.74) is -1.41. The second kappa shape index (κ2) is 13.6. The van der Waals surface area contributed by atoms with Gasteiger partial charge in [-0.3, -0.25) is 10.1 Å². The number of ether oxygens (including phenoxy) is 2. The first-order chi connectivity index (χ1) is 17.4. The highest BCUT2D eigenvalue weighted by Crippen LogP contribution is 2.32. The minimum absolute atomic E-state index is 0.230. The molecule has 0 aliphatic rings. The van der Waals surface area contributed by atoms with Crippen LogP contribution in [0.15, 0.2) is 51.8 Å². The molecule has 10 heteroatoms. The Balaban J connectivity index is 2.02. The van der Waals surface area contributed by atoms with Crippen molar-refractivity contribution < 1.29 is 37.4 Å². The van der Waals surface area contributed by atoms with E-state index in [1.54, 1.807) is 44.2 Å². The van der Waals surface area contributed by atoms with E-state index in [0.29, 0.717) is 31.4 Å². The highest BCUT2D eigenvalue weighted by Gasteiger charge is 2.33. The zero-order valence-corrected chi connectivity index (χ0v) is 21.4. The minimum atomic E-state index is -2.56. The Kier molecular flexibility index (Phi) is 10.8. The monoisotopic (exact) mass is 521 g/mol. The zero-order chi connectivity index (χ0) is 27.6. The van der Waals surface area contributed by atoms with Crippen molar-refractivity contribution in [3.8, 4) is 11.5 Å². The van der Waals surface area contributed by atoms with Gasteiger partial charge in [0.25, 0.3) is 6.43 Å². The molecule has 0 bridgehead atoms. The number of alkyl carbamates (subject to hydrolysis) is 1. The number of aromatic hydroxyl groups is 1. The quantitative estimate of drug-likeness (QED) is 0.331. The molecule has 0 fully saturated rings. The Morgan fingerprint density at radius 2 is 1.89 bits per heavy atom. The van der Waals surface area contributed by atoms with Crippen LogP contribution >= 0.6 is 0 Å². The van der Waals surface area contributed by atoms with E-state index >= 15 is 0 Å². The predicted molar refractivity (Wildman–Crippen MR) is 133 cm³/mol. The van der Waals surface area contributed by atoms with Crippen LogP contribution in [0, 0.1) is 5.41 Å². The van der Waals surface area contributed by atoms with Crippen LogP contribution in [-0.2, 0) is 11.2 Å². The molecule has 0 aliphatic heterocycles. The molecular weight excluding hydrogens is 488 g/mol. The molecule has 1 unspecified atom stereocenters. The SMILES string of the molecule is COC(=O)N/C=C/CCC(C)c1cc(O)c(C(=O)C(C)(C)CCc2ccc(OCC(F)F)cc2)c(=O)o1. The maximum atomic E-state index is 13.2. The van der Waals surface area contributed by atoms with E-state index in [2.05, 4.69) is 10.1 Å². The summed E-state index contributed by atoms with van der Waals surface area (Å²) < 4.78 is 39.3. The van der Waals surface area contributed by atoms with Gasteiger partial charge in [0.15, 0.2) is 5.78 Å². The largest absolute Gasteiger partial charge is 0.507 e. The van der Waals surface area contributed by atoms with E-state index in [1.165, 1.54) is 19.4 Å². The van der Waals surface area contributed by atoms with Crippen LogP contribution in [-0.4, -0.2) is 37.1 Å². The maximum absolute atomic E-state index is 13.2. The summed E-state index contributed by atoms with van der Waals surface area (Å²) in [4.78, 5) is 36.9. The van der Waals surface area contributed by atoms with Crippen molar-refractivity contribution in [2.75, 3.05) is 13.7 Å². The molecule has 2 rings (SSSR count). The fourth-order valence-electron chi connectivity index (χ4n) is 3.53.